The van der Waals surface area contributed by atoms with Crippen molar-refractivity contribution in [2.24, 2.45) is 5.73 Å². The van der Waals surface area contributed by atoms with E-state index in [1.54, 1.807) is 31.2 Å². The predicted octanol–water partition coefficient (Wildman–Crippen LogP) is -1.31. The fourth-order valence-electron chi connectivity index (χ4n) is 2.62. The van der Waals surface area contributed by atoms with Crippen LogP contribution in [0.5, 0.6) is 5.75 Å². The Morgan fingerprint density at radius 2 is 1.86 bits per heavy atom. The molecule has 10 heteroatoms. The summed E-state index contributed by atoms with van der Waals surface area (Å²) in [6.45, 7) is 1.50. The van der Waals surface area contributed by atoms with E-state index in [0.29, 0.717) is 17.9 Å². The molecule has 0 aliphatic carbocycles. The Balaban J connectivity index is 1.86. The molecule has 2 rings (SSSR count). The highest BCUT2D eigenvalue weighted by Crippen LogP contribution is 2.24. The summed E-state index contributed by atoms with van der Waals surface area (Å²) >= 11 is 0. The van der Waals surface area contributed by atoms with Gasteiger partial charge in [0.25, 0.3) is 0 Å². The van der Waals surface area contributed by atoms with Crippen LogP contribution in [0.3, 0.4) is 0 Å². The van der Waals surface area contributed by atoms with Crippen molar-refractivity contribution in [3.05, 3.63) is 24.3 Å². The van der Waals surface area contributed by atoms with Gasteiger partial charge in [-0.3, -0.25) is 9.59 Å². The number of aliphatic hydroxyl groups is 3. The van der Waals surface area contributed by atoms with Crippen molar-refractivity contribution >= 4 is 17.5 Å². The molecular weight excluding hydrogens is 370 g/mol. The van der Waals surface area contributed by atoms with E-state index in [2.05, 4.69) is 10.6 Å². The number of anilines is 1. The molecule has 0 radical (unpaired) electrons. The number of benzene rings is 1. The molecule has 1 aliphatic heterocycles. The van der Waals surface area contributed by atoms with Gasteiger partial charge in [0.1, 0.15) is 24.1 Å². The second-order valence-corrected chi connectivity index (χ2v) is 6.43. The smallest absolute Gasteiger partial charge is 0.226 e. The number of nitrogens with two attached hydrogens (primary N) is 1. The topological polar surface area (TPSA) is 163 Å². The normalized spacial score (nSPS) is 27.1. The van der Waals surface area contributed by atoms with Crippen molar-refractivity contribution in [1.82, 2.24) is 5.32 Å². The first-order valence-electron chi connectivity index (χ1n) is 9.07. The molecule has 1 aliphatic rings. The van der Waals surface area contributed by atoms with Crippen molar-refractivity contribution < 1.29 is 34.4 Å². The number of ether oxygens (including phenoxy) is 2. The molecule has 28 heavy (non-hydrogen) atoms. The van der Waals surface area contributed by atoms with Crippen LogP contribution in [-0.4, -0.2) is 70.9 Å². The number of nitrogens with one attached hydrogen (secondary N) is 2. The van der Waals surface area contributed by atoms with E-state index in [-0.39, 0.29) is 24.8 Å². The van der Waals surface area contributed by atoms with Crippen molar-refractivity contribution in [3.63, 3.8) is 0 Å². The van der Waals surface area contributed by atoms with Gasteiger partial charge in [-0.1, -0.05) is 6.92 Å². The third-order valence-electron chi connectivity index (χ3n) is 4.31. The van der Waals surface area contributed by atoms with Gasteiger partial charge in [-0.15, -0.1) is 0 Å². The average molecular weight is 397 g/mol. The summed E-state index contributed by atoms with van der Waals surface area (Å²) < 4.78 is 11.0. The van der Waals surface area contributed by atoms with E-state index in [9.17, 15) is 24.9 Å². The Kier molecular flexibility index (Phi) is 8.15. The van der Waals surface area contributed by atoms with Gasteiger partial charge in [-0.2, -0.15) is 0 Å². The van der Waals surface area contributed by atoms with Gasteiger partial charge < -0.3 is 41.2 Å². The molecule has 1 aromatic carbocycles. The summed E-state index contributed by atoms with van der Waals surface area (Å²) in [5, 5.41) is 34.3. The molecule has 5 atom stereocenters. The van der Waals surface area contributed by atoms with E-state index >= 15 is 0 Å². The molecule has 1 heterocycles. The molecule has 0 aromatic heterocycles. The molecule has 1 saturated heterocycles. The zero-order valence-corrected chi connectivity index (χ0v) is 15.6. The predicted molar refractivity (Wildman–Crippen MR) is 99.4 cm³/mol. The minimum Gasteiger partial charge on any atom is -0.463 e. The average Bonchev–Trinajstić information content (AvgIpc) is 2.69. The van der Waals surface area contributed by atoms with Crippen molar-refractivity contribution in [3.8, 4) is 5.75 Å². The lowest BCUT2D eigenvalue weighted by Crippen LogP contribution is -2.63. The first-order valence-corrected chi connectivity index (χ1v) is 9.07. The number of hydrogen-bond donors (Lipinski definition) is 6. The quantitative estimate of drug-likeness (QED) is 0.315. The molecule has 0 spiro atoms. The fourth-order valence-corrected chi connectivity index (χ4v) is 2.62. The second-order valence-electron chi connectivity index (χ2n) is 6.43. The van der Waals surface area contributed by atoms with E-state index < -0.39 is 37.3 Å². The monoisotopic (exact) mass is 397 g/mol. The van der Waals surface area contributed by atoms with Crippen LogP contribution in [0.4, 0.5) is 5.69 Å². The van der Waals surface area contributed by atoms with Gasteiger partial charge in [0.15, 0.2) is 0 Å². The summed E-state index contributed by atoms with van der Waals surface area (Å²) in [6, 6.07) is 5.38. The van der Waals surface area contributed by atoms with Crippen LogP contribution < -0.4 is 21.1 Å². The Hall–Kier alpha value is -2.24. The molecule has 5 unspecified atom stereocenters. The largest absolute Gasteiger partial charge is 0.463 e. The third kappa shape index (κ3) is 5.88. The van der Waals surface area contributed by atoms with Crippen molar-refractivity contribution in [2.45, 2.75) is 50.4 Å². The summed E-state index contributed by atoms with van der Waals surface area (Å²) in [7, 11) is 0. The summed E-state index contributed by atoms with van der Waals surface area (Å²) in [5.74, 6) is 0.0121. The van der Waals surface area contributed by atoms with Gasteiger partial charge in [0.2, 0.25) is 18.1 Å². The van der Waals surface area contributed by atoms with Gasteiger partial charge in [-0.25, -0.2) is 0 Å². The number of carbonyl (C=O) groups excluding carboxylic acids is 2. The molecule has 2 amide bonds. The molecule has 0 bridgehead atoms. The van der Waals surface area contributed by atoms with Crippen LogP contribution in [0.2, 0.25) is 0 Å². The molecule has 7 N–H and O–H groups in total. The highest BCUT2D eigenvalue weighted by atomic mass is 16.7. The fraction of sp³-hybridized carbons (Fsp3) is 0.556. The number of carbonyl (C=O) groups is 2. The summed E-state index contributed by atoms with van der Waals surface area (Å²) in [6.07, 6.45) is -4.16. The van der Waals surface area contributed by atoms with Crippen LogP contribution in [0.15, 0.2) is 24.3 Å². The Morgan fingerprint density at radius 3 is 2.46 bits per heavy atom. The lowest BCUT2D eigenvalue weighted by Gasteiger charge is -2.40. The molecule has 0 saturated carbocycles. The van der Waals surface area contributed by atoms with Crippen LogP contribution in [-0.2, 0) is 14.3 Å². The number of amides is 2. The van der Waals surface area contributed by atoms with Gasteiger partial charge in [0.05, 0.1) is 12.6 Å². The molecular formula is C18H27N3O7. The maximum atomic E-state index is 11.9. The summed E-state index contributed by atoms with van der Waals surface area (Å²) in [5.41, 5.74) is 6.36. The zero-order valence-electron chi connectivity index (χ0n) is 15.6. The molecule has 10 nitrogen and oxygen atoms in total. The number of aliphatic hydroxyl groups excluding tert-OH is 3. The Morgan fingerprint density at radius 1 is 1.18 bits per heavy atom. The highest BCUT2D eigenvalue weighted by Gasteiger charge is 2.43. The van der Waals surface area contributed by atoms with Crippen LogP contribution in [0.1, 0.15) is 19.8 Å². The lowest BCUT2D eigenvalue weighted by atomic mass is 9.98. The summed E-state index contributed by atoms with van der Waals surface area (Å²) in [4.78, 5) is 23.0. The molecule has 1 aromatic rings. The van der Waals surface area contributed by atoms with Crippen molar-refractivity contribution in [1.29, 1.82) is 0 Å². The maximum Gasteiger partial charge on any atom is 0.226 e. The van der Waals surface area contributed by atoms with E-state index in [1.807, 2.05) is 0 Å². The van der Waals surface area contributed by atoms with Gasteiger partial charge in [-0.05, 0) is 24.3 Å². The first kappa shape index (κ1) is 22.1. The third-order valence-corrected chi connectivity index (χ3v) is 4.31. The van der Waals surface area contributed by atoms with Gasteiger partial charge in [0, 0.05) is 25.1 Å². The second kappa shape index (κ2) is 10.3. The maximum absolute atomic E-state index is 11.9. The number of rotatable bonds is 8. The minimum atomic E-state index is -1.31. The highest BCUT2D eigenvalue weighted by molar-refractivity contribution is 5.91. The lowest BCUT2D eigenvalue weighted by molar-refractivity contribution is -0.239. The van der Waals surface area contributed by atoms with E-state index in [4.69, 9.17) is 15.2 Å². The van der Waals surface area contributed by atoms with Gasteiger partial charge >= 0.3 is 0 Å². The number of hydrogen-bond acceptors (Lipinski definition) is 8. The Bertz CT molecular complexity index is 653. The van der Waals surface area contributed by atoms with Crippen LogP contribution >= 0.6 is 0 Å². The van der Waals surface area contributed by atoms with Crippen LogP contribution in [0.25, 0.3) is 0 Å². The zero-order chi connectivity index (χ0) is 20.7. The van der Waals surface area contributed by atoms with E-state index in [1.165, 1.54) is 0 Å². The minimum absolute atomic E-state index is 0.112. The standard InChI is InChI=1S/C18H27N3O7/c1-2-13(23)20-8-7-14(24)21-10-3-5-11(6-4-10)27-18-15(19)17(26)16(25)12(9-22)28-18/h3-6,12,15-18,22,25-26H,2,7-9,19H2,1H3,(H,20,23)(H,21,24). The Labute approximate surface area is 162 Å². The first-order chi connectivity index (χ1) is 13.3. The molecule has 1 fully saturated rings. The SMILES string of the molecule is CCC(=O)NCCC(=O)Nc1ccc(OC2OC(CO)C(O)C(O)C2N)cc1. The van der Waals surface area contributed by atoms with Crippen LogP contribution in [0, 0.1) is 0 Å². The van der Waals surface area contributed by atoms with E-state index in [0.717, 1.165) is 0 Å². The van der Waals surface area contributed by atoms with Crippen molar-refractivity contribution in [2.75, 3.05) is 18.5 Å². The molecule has 156 valence electrons.